The van der Waals surface area contributed by atoms with E-state index in [0.29, 0.717) is 12.2 Å². The number of carbonyl (C=O) groups is 1. The summed E-state index contributed by atoms with van der Waals surface area (Å²) in [4.78, 5) is 16.4. The van der Waals surface area contributed by atoms with E-state index in [-0.39, 0.29) is 5.91 Å². The van der Waals surface area contributed by atoms with E-state index in [9.17, 15) is 4.79 Å². The van der Waals surface area contributed by atoms with Crippen molar-refractivity contribution in [1.29, 1.82) is 0 Å². The summed E-state index contributed by atoms with van der Waals surface area (Å²) in [5.74, 6) is -0.167. The van der Waals surface area contributed by atoms with E-state index in [2.05, 4.69) is 25.6 Å². The van der Waals surface area contributed by atoms with Gasteiger partial charge < -0.3 is 5.32 Å². The standard InChI is InChI=1S/C15H18N6OS/c1-9-14(10(2)21(3)20-9)11-8-12(19-18-11)15(22)17-5-4-13-16-6-7-23-13/h6-8H,4-5H2,1-3H3,(H,17,22)(H,18,19). The molecule has 23 heavy (non-hydrogen) atoms. The molecule has 0 bridgehead atoms. The Morgan fingerprint density at radius 1 is 1.43 bits per heavy atom. The summed E-state index contributed by atoms with van der Waals surface area (Å²) in [5, 5.41) is 17.2. The molecule has 0 aliphatic rings. The molecule has 0 saturated carbocycles. The average molecular weight is 330 g/mol. The zero-order valence-corrected chi connectivity index (χ0v) is 14.1. The fourth-order valence-corrected chi connectivity index (χ4v) is 3.09. The molecule has 3 rings (SSSR count). The van der Waals surface area contributed by atoms with Gasteiger partial charge in [-0.05, 0) is 19.9 Å². The summed E-state index contributed by atoms with van der Waals surface area (Å²) in [6, 6.07) is 1.76. The Morgan fingerprint density at radius 3 is 2.91 bits per heavy atom. The molecule has 0 aliphatic carbocycles. The first-order valence-electron chi connectivity index (χ1n) is 7.29. The van der Waals surface area contributed by atoms with Crippen LogP contribution in [0.25, 0.3) is 11.3 Å². The first-order chi connectivity index (χ1) is 11.1. The lowest BCUT2D eigenvalue weighted by Gasteiger charge is -2.01. The monoisotopic (exact) mass is 330 g/mol. The zero-order valence-electron chi connectivity index (χ0n) is 13.3. The van der Waals surface area contributed by atoms with Crippen molar-refractivity contribution in [2.45, 2.75) is 20.3 Å². The topological polar surface area (TPSA) is 88.5 Å². The Morgan fingerprint density at radius 2 is 2.26 bits per heavy atom. The highest BCUT2D eigenvalue weighted by Crippen LogP contribution is 2.25. The van der Waals surface area contributed by atoms with Crippen molar-refractivity contribution in [2.24, 2.45) is 7.05 Å². The molecule has 7 nitrogen and oxygen atoms in total. The quantitative estimate of drug-likeness (QED) is 0.747. The number of aromatic nitrogens is 5. The minimum Gasteiger partial charge on any atom is -0.350 e. The van der Waals surface area contributed by atoms with Crippen LogP contribution in [-0.4, -0.2) is 37.4 Å². The van der Waals surface area contributed by atoms with E-state index in [1.54, 1.807) is 23.6 Å². The number of aryl methyl sites for hydroxylation is 2. The van der Waals surface area contributed by atoms with E-state index in [4.69, 9.17) is 0 Å². The van der Waals surface area contributed by atoms with Gasteiger partial charge in [-0.1, -0.05) is 0 Å². The summed E-state index contributed by atoms with van der Waals surface area (Å²) in [7, 11) is 1.89. The molecule has 3 aromatic heterocycles. The van der Waals surface area contributed by atoms with Crippen LogP contribution >= 0.6 is 11.3 Å². The number of nitrogens with zero attached hydrogens (tertiary/aromatic N) is 4. The van der Waals surface area contributed by atoms with Crippen LogP contribution in [-0.2, 0) is 13.5 Å². The molecule has 0 radical (unpaired) electrons. The van der Waals surface area contributed by atoms with Crippen LogP contribution < -0.4 is 5.32 Å². The molecule has 3 heterocycles. The molecule has 2 N–H and O–H groups in total. The van der Waals surface area contributed by atoms with E-state index in [0.717, 1.165) is 34.1 Å². The van der Waals surface area contributed by atoms with Gasteiger partial charge in [0.1, 0.15) is 5.69 Å². The predicted molar refractivity (Wildman–Crippen MR) is 88.4 cm³/mol. The predicted octanol–water partition coefficient (Wildman–Crippen LogP) is 1.86. The van der Waals surface area contributed by atoms with Crippen molar-refractivity contribution < 1.29 is 4.79 Å². The second-order valence-electron chi connectivity index (χ2n) is 5.27. The molecule has 1 amide bonds. The van der Waals surface area contributed by atoms with Crippen molar-refractivity contribution in [3.05, 3.63) is 39.7 Å². The van der Waals surface area contributed by atoms with Gasteiger partial charge in [-0.2, -0.15) is 10.2 Å². The Labute approximate surface area is 137 Å². The molecule has 0 saturated heterocycles. The number of H-pyrrole nitrogens is 1. The van der Waals surface area contributed by atoms with Crippen molar-refractivity contribution in [3.8, 4) is 11.3 Å². The van der Waals surface area contributed by atoms with E-state index in [1.165, 1.54) is 0 Å². The van der Waals surface area contributed by atoms with Crippen LogP contribution in [0, 0.1) is 13.8 Å². The van der Waals surface area contributed by atoms with E-state index in [1.807, 2.05) is 31.0 Å². The summed E-state index contributed by atoms with van der Waals surface area (Å²) in [6.45, 7) is 4.47. The SMILES string of the molecule is Cc1nn(C)c(C)c1-c1cc(C(=O)NCCc2nccs2)[nH]n1. The Bertz CT molecular complexity index is 817. The highest BCUT2D eigenvalue weighted by atomic mass is 32.1. The van der Waals surface area contributed by atoms with Crippen LogP contribution in [0.4, 0.5) is 0 Å². The van der Waals surface area contributed by atoms with Crippen LogP contribution in [0.2, 0.25) is 0 Å². The lowest BCUT2D eigenvalue weighted by atomic mass is 10.1. The number of amides is 1. The lowest BCUT2D eigenvalue weighted by Crippen LogP contribution is -2.25. The molecular weight excluding hydrogens is 312 g/mol. The maximum absolute atomic E-state index is 12.2. The fourth-order valence-electron chi connectivity index (χ4n) is 2.47. The minimum atomic E-state index is -0.167. The molecule has 120 valence electrons. The summed E-state index contributed by atoms with van der Waals surface area (Å²) in [5.41, 5.74) is 4.06. The lowest BCUT2D eigenvalue weighted by molar-refractivity contribution is 0.0949. The van der Waals surface area contributed by atoms with Crippen molar-refractivity contribution in [3.63, 3.8) is 0 Å². The van der Waals surface area contributed by atoms with Gasteiger partial charge in [0.15, 0.2) is 0 Å². The molecule has 3 aromatic rings. The van der Waals surface area contributed by atoms with Crippen LogP contribution in [0.3, 0.4) is 0 Å². The van der Waals surface area contributed by atoms with Gasteiger partial charge in [-0.3, -0.25) is 14.6 Å². The van der Waals surface area contributed by atoms with Crippen molar-refractivity contribution >= 4 is 17.2 Å². The van der Waals surface area contributed by atoms with E-state index < -0.39 is 0 Å². The number of aromatic amines is 1. The van der Waals surface area contributed by atoms with Crippen molar-refractivity contribution in [1.82, 2.24) is 30.3 Å². The maximum Gasteiger partial charge on any atom is 0.269 e. The number of hydrogen-bond donors (Lipinski definition) is 2. The first kappa shape index (κ1) is 15.4. The smallest absolute Gasteiger partial charge is 0.269 e. The molecule has 0 unspecified atom stereocenters. The number of nitrogens with one attached hydrogen (secondary N) is 2. The van der Waals surface area contributed by atoms with Gasteiger partial charge >= 0.3 is 0 Å². The van der Waals surface area contributed by atoms with E-state index >= 15 is 0 Å². The minimum absolute atomic E-state index is 0.167. The Kier molecular flexibility index (Phi) is 4.24. The molecule has 0 spiro atoms. The van der Waals surface area contributed by atoms with Crippen LogP contribution in [0.5, 0.6) is 0 Å². The number of rotatable bonds is 5. The van der Waals surface area contributed by atoms with Crippen molar-refractivity contribution in [2.75, 3.05) is 6.54 Å². The fraction of sp³-hybridized carbons (Fsp3) is 0.333. The largest absolute Gasteiger partial charge is 0.350 e. The van der Waals surface area contributed by atoms with Gasteiger partial charge in [0.25, 0.3) is 5.91 Å². The highest BCUT2D eigenvalue weighted by Gasteiger charge is 2.17. The zero-order chi connectivity index (χ0) is 16.4. The maximum atomic E-state index is 12.2. The normalized spacial score (nSPS) is 10.9. The van der Waals surface area contributed by atoms with Gasteiger partial charge in [0.2, 0.25) is 0 Å². The Hall–Kier alpha value is -2.48. The molecule has 0 aromatic carbocycles. The number of carbonyl (C=O) groups excluding carboxylic acids is 1. The summed E-state index contributed by atoms with van der Waals surface area (Å²) < 4.78 is 1.81. The van der Waals surface area contributed by atoms with Crippen LogP contribution in [0.15, 0.2) is 17.6 Å². The third-order valence-corrected chi connectivity index (χ3v) is 4.53. The molecule has 0 atom stereocenters. The number of hydrogen-bond acceptors (Lipinski definition) is 5. The second-order valence-corrected chi connectivity index (χ2v) is 6.25. The number of thiazole rings is 1. The van der Waals surface area contributed by atoms with Gasteiger partial charge in [0, 0.05) is 42.8 Å². The summed E-state index contributed by atoms with van der Waals surface area (Å²) in [6.07, 6.45) is 2.49. The Balaban J connectivity index is 1.67. The van der Waals surface area contributed by atoms with Gasteiger partial charge in [0.05, 0.1) is 16.4 Å². The molecular formula is C15H18N6OS. The third-order valence-electron chi connectivity index (χ3n) is 3.70. The molecule has 8 heteroatoms. The second kappa shape index (κ2) is 6.33. The summed E-state index contributed by atoms with van der Waals surface area (Å²) >= 11 is 1.59. The van der Waals surface area contributed by atoms with Gasteiger partial charge in [-0.25, -0.2) is 4.98 Å². The highest BCUT2D eigenvalue weighted by molar-refractivity contribution is 7.09. The van der Waals surface area contributed by atoms with Gasteiger partial charge in [-0.15, -0.1) is 11.3 Å². The molecule has 0 fully saturated rings. The molecule has 0 aliphatic heterocycles. The third kappa shape index (κ3) is 3.16. The average Bonchev–Trinajstić information content (AvgIpc) is 3.22. The first-order valence-corrected chi connectivity index (χ1v) is 8.16. The van der Waals surface area contributed by atoms with Crippen LogP contribution in [0.1, 0.15) is 26.9 Å².